The Bertz CT molecular complexity index is 1110. The van der Waals surface area contributed by atoms with Gasteiger partial charge in [0, 0.05) is 15.7 Å². The Hall–Kier alpha value is -2.92. The van der Waals surface area contributed by atoms with Crippen LogP contribution in [0, 0.1) is 11.3 Å². The number of para-hydroxylation sites is 2. The summed E-state index contributed by atoms with van der Waals surface area (Å²) in [6.45, 7) is 2.77. The van der Waals surface area contributed by atoms with E-state index in [0.29, 0.717) is 40.4 Å². The number of rotatable bonds is 10. The number of nitriles is 1. The topological polar surface area (TPSA) is 74.1 Å². The highest BCUT2D eigenvalue weighted by atomic mass is 35.5. The Labute approximate surface area is 201 Å². The highest BCUT2D eigenvalue weighted by Crippen LogP contribution is 2.31. The molecule has 0 radical (unpaired) electrons. The van der Waals surface area contributed by atoms with Crippen LogP contribution < -0.4 is 15.4 Å². The highest BCUT2D eigenvalue weighted by molar-refractivity contribution is 8.02. The molecule has 2 N–H and O–H groups in total. The minimum Gasteiger partial charge on any atom is -0.492 e. The number of thiophene rings is 1. The molecule has 0 atom stereocenters. The van der Waals surface area contributed by atoms with Gasteiger partial charge in [0.25, 0.3) is 5.91 Å². The lowest BCUT2D eigenvalue weighted by Gasteiger charge is -2.16. The normalized spacial score (nSPS) is 11.3. The lowest BCUT2D eigenvalue weighted by Crippen LogP contribution is -2.25. The first-order valence-corrected chi connectivity index (χ1v) is 12.2. The van der Waals surface area contributed by atoms with E-state index in [2.05, 4.69) is 16.7 Å². The Balaban J connectivity index is 1.87. The molecule has 0 aliphatic rings. The van der Waals surface area contributed by atoms with Crippen LogP contribution in [0.3, 0.4) is 0 Å². The first kappa shape index (κ1) is 23.7. The number of ether oxygens (including phenoxy) is 1. The number of anilines is 1. The average Bonchev–Trinajstić information content (AvgIpc) is 3.32. The molecule has 5 nitrogen and oxygen atoms in total. The molecule has 8 heteroatoms. The van der Waals surface area contributed by atoms with E-state index in [1.807, 2.05) is 73.0 Å². The summed E-state index contributed by atoms with van der Waals surface area (Å²) in [5.74, 6) is 0.774. The smallest absolute Gasteiger partial charge is 0.264 e. The molecule has 1 heterocycles. The largest absolute Gasteiger partial charge is 0.492 e. The molecule has 0 saturated carbocycles. The van der Waals surface area contributed by atoms with Crippen LogP contribution in [0.2, 0.25) is 5.02 Å². The number of hydrogen-bond acceptors (Lipinski definition) is 6. The molecule has 0 spiro atoms. The van der Waals surface area contributed by atoms with Crippen molar-refractivity contribution < 1.29 is 9.53 Å². The van der Waals surface area contributed by atoms with Gasteiger partial charge in [-0.05, 0) is 48.2 Å². The number of thioether (sulfide) groups is 1. The summed E-state index contributed by atoms with van der Waals surface area (Å²) in [5.41, 5.74) is 1.73. The summed E-state index contributed by atoms with van der Waals surface area (Å²) in [4.78, 5) is 13.9. The van der Waals surface area contributed by atoms with Gasteiger partial charge in [-0.1, -0.05) is 41.9 Å². The maximum atomic E-state index is 12.9. The van der Waals surface area contributed by atoms with Crippen LogP contribution in [0.25, 0.3) is 0 Å². The predicted molar refractivity (Wildman–Crippen MR) is 133 cm³/mol. The van der Waals surface area contributed by atoms with Crippen LogP contribution in [0.4, 0.5) is 5.69 Å². The number of amides is 1. The van der Waals surface area contributed by atoms with E-state index < -0.39 is 5.91 Å². The van der Waals surface area contributed by atoms with Crippen molar-refractivity contribution in [2.24, 2.45) is 0 Å². The Morgan fingerprint density at radius 2 is 1.94 bits per heavy atom. The van der Waals surface area contributed by atoms with Crippen LogP contribution in [-0.2, 0) is 17.1 Å². The molecule has 164 valence electrons. The van der Waals surface area contributed by atoms with Gasteiger partial charge >= 0.3 is 0 Å². The number of benzene rings is 2. The molecule has 3 aromatic rings. The van der Waals surface area contributed by atoms with Gasteiger partial charge in [0.1, 0.15) is 17.4 Å². The van der Waals surface area contributed by atoms with Crippen LogP contribution in [0.15, 0.2) is 76.6 Å². The molecule has 3 rings (SSSR count). The van der Waals surface area contributed by atoms with Crippen molar-refractivity contribution in [2.45, 2.75) is 19.2 Å². The van der Waals surface area contributed by atoms with Crippen molar-refractivity contribution in [1.29, 1.82) is 5.26 Å². The summed E-state index contributed by atoms with van der Waals surface area (Å²) < 4.78 is 5.69. The molecular formula is C24H22ClN3O2S2. The molecule has 1 aromatic heterocycles. The second kappa shape index (κ2) is 12.2. The fourth-order valence-corrected chi connectivity index (χ4v) is 4.49. The third-order valence-electron chi connectivity index (χ3n) is 4.30. The van der Waals surface area contributed by atoms with Gasteiger partial charge in [0.05, 0.1) is 23.9 Å². The lowest BCUT2D eigenvalue weighted by molar-refractivity contribution is -0.117. The van der Waals surface area contributed by atoms with Crippen molar-refractivity contribution in [3.63, 3.8) is 0 Å². The molecule has 0 unspecified atom stereocenters. The molecule has 0 aliphatic carbocycles. The van der Waals surface area contributed by atoms with E-state index in [9.17, 15) is 10.1 Å². The van der Waals surface area contributed by atoms with E-state index in [-0.39, 0.29) is 5.57 Å². The molecule has 1 amide bonds. The zero-order chi connectivity index (χ0) is 22.8. The quantitative estimate of drug-likeness (QED) is 0.265. The van der Waals surface area contributed by atoms with Crippen molar-refractivity contribution in [3.8, 4) is 11.8 Å². The standard InChI is InChI=1S/C24H22ClN3O2S2/c1-2-30-22-8-4-3-7-21(22)28-24(32-16-17-9-11-18(25)12-10-17)20(14-26)23(29)27-15-19-6-5-13-31-19/h3-13,28H,2,15-16H2,1H3,(H,27,29)/b24-20+. The summed E-state index contributed by atoms with van der Waals surface area (Å²) in [5, 5.41) is 19.0. The molecule has 0 saturated heterocycles. The summed E-state index contributed by atoms with van der Waals surface area (Å²) >= 11 is 8.91. The Morgan fingerprint density at radius 1 is 1.16 bits per heavy atom. The van der Waals surface area contributed by atoms with Crippen LogP contribution in [-0.4, -0.2) is 12.5 Å². The second-order valence-corrected chi connectivity index (χ2v) is 9.00. The zero-order valence-corrected chi connectivity index (χ0v) is 19.8. The van der Waals surface area contributed by atoms with Gasteiger partial charge in [0.2, 0.25) is 0 Å². The minimum absolute atomic E-state index is 0.0202. The van der Waals surface area contributed by atoms with Crippen molar-refractivity contribution in [3.05, 3.63) is 92.1 Å². The SMILES string of the molecule is CCOc1ccccc1N/C(SCc1ccc(Cl)cc1)=C(/C#N)C(=O)NCc1cccs1. The number of carbonyl (C=O) groups excluding carboxylic acids is 1. The van der Waals surface area contributed by atoms with Crippen LogP contribution in [0.1, 0.15) is 17.4 Å². The molecule has 0 aliphatic heterocycles. The fraction of sp³-hybridized carbons (Fsp3) is 0.167. The molecule has 32 heavy (non-hydrogen) atoms. The van der Waals surface area contributed by atoms with Gasteiger partial charge < -0.3 is 15.4 Å². The lowest BCUT2D eigenvalue weighted by atomic mass is 10.2. The average molecular weight is 484 g/mol. The number of halogens is 1. The highest BCUT2D eigenvalue weighted by Gasteiger charge is 2.18. The summed E-state index contributed by atoms with van der Waals surface area (Å²) in [6.07, 6.45) is 0. The van der Waals surface area contributed by atoms with Crippen LogP contribution in [0.5, 0.6) is 5.75 Å². The zero-order valence-electron chi connectivity index (χ0n) is 17.4. The van der Waals surface area contributed by atoms with E-state index in [1.54, 1.807) is 11.3 Å². The Morgan fingerprint density at radius 3 is 2.62 bits per heavy atom. The number of hydrogen-bond donors (Lipinski definition) is 2. The van der Waals surface area contributed by atoms with E-state index in [4.69, 9.17) is 16.3 Å². The van der Waals surface area contributed by atoms with Crippen molar-refractivity contribution in [2.75, 3.05) is 11.9 Å². The Kier molecular flexibility index (Phi) is 9.05. The number of carbonyl (C=O) groups is 1. The maximum Gasteiger partial charge on any atom is 0.264 e. The predicted octanol–water partition coefficient (Wildman–Crippen LogP) is 6.20. The molecular weight excluding hydrogens is 462 g/mol. The number of nitrogens with zero attached hydrogens (tertiary/aromatic N) is 1. The summed E-state index contributed by atoms with van der Waals surface area (Å²) in [6, 6.07) is 20.9. The van der Waals surface area contributed by atoms with Gasteiger partial charge in [0.15, 0.2) is 0 Å². The second-order valence-electron chi connectivity index (χ2n) is 6.55. The van der Waals surface area contributed by atoms with E-state index >= 15 is 0 Å². The monoisotopic (exact) mass is 483 g/mol. The van der Waals surface area contributed by atoms with E-state index in [0.717, 1.165) is 10.4 Å². The summed E-state index contributed by atoms with van der Waals surface area (Å²) in [7, 11) is 0. The first-order valence-electron chi connectivity index (χ1n) is 9.91. The van der Waals surface area contributed by atoms with E-state index in [1.165, 1.54) is 11.8 Å². The van der Waals surface area contributed by atoms with Gasteiger partial charge in [-0.15, -0.1) is 23.1 Å². The number of nitrogens with one attached hydrogen (secondary N) is 2. The van der Waals surface area contributed by atoms with Crippen molar-refractivity contribution >= 4 is 46.3 Å². The third-order valence-corrected chi connectivity index (χ3v) is 6.50. The third kappa shape index (κ3) is 6.79. The minimum atomic E-state index is -0.430. The first-order chi connectivity index (χ1) is 15.6. The molecule has 0 fully saturated rings. The fourth-order valence-electron chi connectivity index (χ4n) is 2.75. The van der Waals surface area contributed by atoms with Gasteiger partial charge in [-0.2, -0.15) is 5.26 Å². The van der Waals surface area contributed by atoms with Gasteiger partial charge in [-0.25, -0.2) is 0 Å². The molecule has 0 bridgehead atoms. The van der Waals surface area contributed by atoms with Crippen molar-refractivity contribution in [1.82, 2.24) is 5.32 Å². The maximum absolute atomic E-state index is 12.9. The molecule has 2 aromatic carbocycles. The van der Waals surface area contributed by atoms with Crippen LogP contribution >= 0.6 is 34.7 Å². The van der Waals surface area contributed by atoms with Gasteiger partial charge in [-0.3, -0.25) is 4.79 Å².